The average molecular weight is 276 g/mol. The monoisotopic (exact) mass is 275 g/mol. The standard InChI is InChI=1S/C15H18ClN3/c1-9-13(10-3-7-12(16)8-4-10)19-14(18-9)15(2,17)11-5-6-11/h3-4,7-8,11H,5-6,17H2,1-2H3,(H,18,19). The van der Waals surface area contributed by atoms with E-state index in [1.807, 2.05) is 31.2 Å². The van der Waals surface area contributed by atoms with E-state index in [1.165, 1.54) is 12.8 Å². The Bertz CT molecular complexity index is 594. The lowest BCUT2D eigenvalue weighted by atomic mass is 9.97. The molecule has 1 aliphatic rings. The summed E-state index contributed by atoms with van der Waals surface area (Å²) in [5.74, 6) is 1.44. The van der Waals surface area contributed by atoms with Crippen molar-refractivity contribution in [3.8, 4) is 11.3 Å². The van der Waals surface area contributed by atoms with Crippen LogP contribution in [0.15, 0.2) is 24.3 Å². The molecule has 1 unspecified atom stereocenters. The molecule has 0 saturated heterocycles. The van der Waals surface area contributed by atoms with Gasteiger partial charge in [-0.3, -0.25) is 0 Å². The van der Waals surface area contributed by atoms with E-state index in [-0.39, 0.29) is 5.54 Å². The number of aromatic nitrogens is 2. The molecule has 4 heteroatoms. The molecule has 19 heavy (non-hydrogen) atoms. The second-order valence-corrected chi connectivity index (χ2v) is 6.06. The van der Waals surface area contributed by atoms with Crippen LogP contribution in [0.1, 0.15) is 31.3 Å². The Balaban J connectivity index is 1.99. The number of aromatic amines is 1. The first-order valence-corrected chi connectivity index (χ1v) is 6.98. The van der Waals surface area contributed by atoms with Gasteiger partial charge in [0, 0.05) is 16.3 Å². The topological polar surface area (TPSA) is 54.7 Å². The molecule has 2 aromatic rings. The molecule has 1 aliphatic carbocycles. The summed E-state index contributed by atoms with van der Waals surface area (Å²) in [4.78, 5) is 8.07. The van der Waals surface area contributed by atoms with Crippen molar-refractivity contribution >= 4 is 11.6 Å². The first kappa shape index (κ1) is 12.7. The van der Waals surface area contributed by atoms with Gasteiger partial charge in [-0.1, -0.05) is 23.7 Å². The molecule has 1 atom stereocenters. The number of halogens is 1. The van der Waals surface area contributed by atoms with Gasteiger partial charge in [-0.2, -0.15) is 0 Å². The molecule has 0 amide bonds. The average Bonchev–Trinajstić information content (AvgIpc) is 3.15. The van der Waals surface area contributed by atoms with Crippen LogP contribution in [0.2, 0.25) is 5.02 Å². The maximum atomic E-state index is 6.41. The maximum absolute atomic E-state index is 6.41. The van der Waals surface area contributed by atoms with Gasteiger partial charge in [-0.05, 0) is 44.7 Å². The molecule has 1 aromatic heterocycles. The molecule has 0 aliphatic heterocycles. The number of rotatable bonds is 3. The fraction of sp³-hybridized carbons (Fsp3) is 0.400. The van der Waals surface area contributed by atoms with E-state index in [4.69, 9.17) is 22.3 Å². The summed E-state index contributed by atoms with van der Waals surface area (Å²) < 4.78 is 0. The quantitative estimate of drug-likeness (QED) is 0.899. The normalized spacial score (nSPS) is 18.3. The number of hydrogen-bond acceptors (Lipinski definition) is 2. The highest BCUT2D eigenvalue weighted by Crippen LogP contribution is 2.43. The summed E-state index contributed by atoms with van der Waals surface area (Å²) in [6.07, 6.45) is 2.39. The highest BCUT2D eigenvalue weighted by atomic mass is 35.5. The molecule has 3 rings (SSSR count). The molecule has 3 nitrogen and oxygen atoms in total. The van der Waals surface area contributed by atoms with Crippen LogP contribution in [-0.4, -0.2) is 9.97 Å². The van der Waals surface area contributed by atoms with Crippen molar-refractivity contribution in [1.82, 2.24) is 9.97 Å². The third kappa shape index (κ3) is 2.28. The Morgan fingerprint density at radius 1 is 1.32 bits per heavy atom. The van der Waals surface area contributed by atoms with E-state index in [0.29, 0.717) is 5.92 Å². The van der Waals surface area contributed by atoms with E-state index in [2.05, 4.69) is 11.9 Å². The molecule has 1 heterocycles. The maximum Gasteiger partial charge on any atom is 0.127 e. The van der Waals surface area contributed by atoms with Crippen LogP contribution < -0.4 is 5.73 Å². The van der Waals surface area contributed by atoms with Crippen LogP contribution in [0.3, 0.4) is 0 Å². The summed E-state index contributed by atoms with van der Waals surface area (Å²) in [5, 5.41) is 0.735. The molecule has 0 radical (unpaired) electrons. The number of benzene rings is 1. The molecule has 0 bridgehead atoms. The van der Waals surface area contributed by atoms with Crippen molar-refractivity contribution in [3.63, 3.8) is 0 Å². The highest BCUT2D eigenvalue weighted by molar-refractivity contribution is 6.30. The van der Waals surface area contributed by atoms with Crippen molar-refractivity contribution in [2.75, 3.05) is 0 Å². The third-order valence-electron chi connectivity index (χ3n) is 3.94. The zero-order valence-corrected chi connectivity index (χ0v) is 12.0. The first-order valence-electron chi connectivity index (χ1n) is 6.60. The van der Waals surface area contributed by atoms with Gasteiger partial charge in [0.1, 0.15) is 5.82 Å². The Kier molecular flexibility index (Phi) is 2.91. The van der Waals surface area contributed by atoms with E-state index in [9.17, 15) is 0 Å². The molecule has 100 valence electrons. The van der Waals surface area contributed by atoms with Gasteiger partial charge in [0.05, 0.1) is 11.2 Å². The van der Waals surface area contributed by atoms with Gasteiger partial charge in [-0.25, -0.2) is 4.98 Å². The lowest BCUT2D eigenvalue weighted by Gasteiger charge is -2.21. The predicted octanol–water partition coefficient (Wildman–Crippen LogP) is 3.62. The molecule has 3 N–H and O–H groups in total. The second kappa shape index (κ2) is 4.36. The van der Waals surface area contributed by atoms with Gasteiger partial charge in [-0.15, -0.1) is 0 Å². The van der Waals surface area contributed by atoms with Gasteiger partial charge in [0.2, 0.25) is 0 Å². The summed E-state index contributed by atoms with van der Waals surface area (Å²) >= 11 is 5.92. The number of nitrogens with two attached hydrogens (primary N) is 1. The van der Waals surface area contributed by atoms with Gasteiger partial charge < -0.3 is 10.7 Å². The number of H-pyrrole nitrogens is 1. The predicted molar refractivity (Wildman–Crippen MR) is 78.0 cm³/mol. The van der Waals surface area contributed by atoms with Crippen molar-refractivity contribution in [1.29, 1.82) is 0 Å². The van der Waals surface area contributed by atoms with Gasteiger partial charge in [0.15, 0.2) is 0 Å². The second-order valence-electron chi connectivity index (χ2n) is 5.62. The molecular formula is C15H18ClN3. The highest BCUT2D eigenvalue weighted by Gasteiger charge is 2.42. The summed E-state index contributed by atoms with van der Waals surface area (Å²) in [6, 6.07) is 7.74. The van der Waals surface area contributed by atoms with Crippen molar-refractivity contribution < 1.29 is 0 Å². The summed E-state index contributed by atoms with van der Waals surface area (Å²) in [7, 11) is 0. The molecule has 1 fully saturated rings. The lowest BCUT2D eigenvalue weighted by Crippen LogP contribution is -2.36. The zero-order valence-electron chi connectivity index (χ0n) is 11.2. The minimum Gasteiger partial charge on any atom is -0.344 e. The zero-order chi connectivity index (χ0) is 13.6. The number of aryl methyl sites for hydroxylation is 1. The summed E-state index contributed by atoms with van der Waals surface area (Å²) in [6.45, 7) is 4.10. The third-order valence-corrected chi connectivity index (χ3v) is 4.19. The van der Waals surface area contributed by atoms with E-state index in [1.54, 1.807) is 0 Å². The number of nitrogens with zero attached hydrogens (tertiary/aromatic N) is 1. The van der Waals surface area contributed by atoms with Crippen LogP contribution in [-0.2, 0) is 5.54 Å². The van der Waals surface area contributed by atoms with Crippen LogP contribution in [0.25, 0.3) is 11.3 Å². The summed E-state index contributed by atoms with van der Waals surface area (Å²) in [5.41, 5.74) is 9.14. The van der Waals surface area contributed by atoms with Crippen LogP contribution in [0.5, 0.6) is 0 Å². The Morgan fingerprint density at radius 2 is 1.95 bits per heavy atom. The molecule has 0 spiro atoms. The Labute approximate surface area is 118 Å². The van der Waals surface area contributed by atoms with Crippen molar-refractivity contribution in [2.24, 2.45) is 11.7 Å². The van der Waals surface area contributed by atoms with Crippen LogP contribution in [0, 0.1) is 12.8 Å². The minimum atomic E-state index is -0.352. The van der Waals surface area contributed by atoms with E-state index >= 15 is 0 Å². The smallest absolute Gasteiger partial charge is 0.127 e. The van der Waals surface area contributed by atoms with E-state index < -0.39 is 0 Å². The molecular weight excluding hydrogens is 258 g/mol. The lowest BCUT2D eigenvalue weighted by molar-refractivity contribution is 0.404. The number of imidazole rings is 1. The first-order chi connectivity index (χ1) is 8.98. The minimum absolute atomic E-state index is 0.352. The van der Waals surface area contributed by atoms with Crippen molar-refractivity contribution in [3.05, 3.63) is 40.8 Å². The molecule has 1 aromatic carbocycles. The number of nitrogens with one attached hydrogen (secondary N) is 1. The Morgan fingerprint density at radius 3 is 2.53 bits per heavy atom. The van der Waals surface area contributed by atoms with E-state index in [0.717, 1.165) is 27.8 Å². The Hall–Kier alpha value is -1.32. The van der Waals surface area contributed by atoms with Gasteiger partial charge >= 0.3 is 0 Å². The fourth-order valence-electron chi connectivity index (χ4n) is 2.48. The van der Waals surface area contributed by atoms with Gasteiger partial charge in [0.25, 0.3) is 0 Å². The SMILES string of the molecule is Cc1[nH]c(C(C)(N)C2CC2)nc1-c1ccc(Cl)cc1. The fourth-order valence-corrected chi connectivity index (χ4v) is 2.61. The number of hydrogen-bond donors (Lipinski definition) is 2. The van der Waals surface area contributed by atoms with Crippen LogP contribution in [0.4, 0.5) is 0 Å². The van der Waals surface area contributed by atoms with Crippen LogP contribution >= 0.6 is 11.6 Å². The largest absolute Gasteiger partial charge is 0.344 e. The molecule has 1 saturated carbocycles. The van der Waals surface area contributed by atoms with Crippen molar-refractivity contribution in [2.45, 2.75) is 32.2 Å².